The summed E-state index contributed by atoms with van der Waals surface area (Å²) in [5.41, 5.74) is 2.14. The molecule has 5 heteroatoms. The van der Waals surface area contributed by atoms with E-state index in [4.69, 9.17) is 0 Å². The maximum absolute atomic E-state index is 10.5. The molecule has 0 radical (unpaired) electrons. The first-order chi connectivity index (χ1) is 8.63. The summed E-state index contributed by atoms with van der Waals surface area (Å²) < 4.78 is 1.88. The zero-order valence-corrected chi connectivity index (χ0v) is 11.2. The monoisotopic (exact) mass is 250 g/mol. The minimum absolute atomic E-state index is 0.289. The van der Waals surface area contributed by atoms with Crippen molar-refractivity contribution < 1.29 is 5.11 Å². The summed E-state index contributed by atoms with van der Waals surface area (Å²) >= 11 is 0. The number of fused-ring (bicyclic) bond motifs is 3. The molecule has 0 spiro atoms. The Morgan fingerprint density at radius 3 is 2.61 bits per heavy atom. The third kappa shape index (κ3) is 2.18. The second-order valence-electron chi connectivity index (χ2n) is 5.58. The molecule has 3 aliphatic rings. The summed E-state index contributed by atoms with van der Waals surface area (Å²) in [7, 11) is 1.95. The maximum Gasteiger partial charge on any atom is 0.0763 e. The van der Waals surface area contributed by atoms with Crippen LogP contribution >= 0.6 is 0 Å². The highest BCUT2D eigenvalue weighted by Crippen LogP contribution is 2.20. The molecule has 2 atom stereocenters. The summed E-state index contributed by atoms with van der Waals surface area (Å²) in [5.74, 6) is 0. The SMILES string of the molecule is Cc1cc(CC(O)C2CN3CCN2CC3)n(C)n1. The number of nitrogens with zero attached hydrogens (tertiary/aromatic N) is 4. The van der Waals surface area contributed by atoms with Gasteiger partial charge >= 0.3 is 0 Å². The number of hydrogen-bond donors (Lipinski definition) is 1. The third-order valence-electron chi connectivity index (χ3n) is 4.28. The van der Waals surface area contributed by atoms with Crippen molar-refractivity contribution in [2.75, 3.05) is 32.7 Å². The molecule has 3 fully saturated rings. The lowest BCUT2D eigenvalue weighted by molar-refractivity contribution is -0.0458. The van der Waals surface area contributed by atoms with Crippen molar-refractivity contribution in [1.82, 2.24) is 19.6 Å². The van der Waals surface area contributed by atoms with Gasteiger partial charge in [0.25, 0.3) is 0 Å². The first-order valence-electron chi connectivity index (χ1n) is 6.77. The zero-order valence-electron chi connectivity index (χ0n) is 11.2. The van der Waals surface area contributed by atoms with Crippen LogP contribution < -0.4 is 0 Å². The Bertz CT molecular complexity index is 423. The predicted molar refractivity (Wildman–Crippen MR) is 69.5 cm³/mol. The van der Waals surface area contributed by atoms with Gasteiger partial charge in [-0.2, -0.15) is 5.10 Å². The molecule has 0 aromatic carbocycles. The molecule has 100 valence electrons. The number of piperazine rings is 3. The molecule has 2 unspecified atom stereocenters. The molecule has 4 rings (SSSR count). The molecule has 0 aliphatic carbocycles. The smallest absolute Gasteiger partial charge is 0.0763 e. The lowest BCUT2D eigenvalue weighted by atomic mass is 9.99. The Kier molecular flexibility index (Phi) is 3.13. The van der Waals surface area contributed by atoms with Crippen molar-refractivity contribution in [3.63, 3.8) is 0 Å². The molecule has 1 N–H and O–H groups in total. The zero-order chi connectivity index (χ0) is 12.7. The van der Waals surface area contributed by atoms with Crippen LogP contribution in [-0.4, -0.2) is 69.6 Å². The van der Waals surface area contributed by atoms with Crippen LogP contribution in [0.5, 0.6) is 0 Å². The minimum Gasteiger partial charge on any atom is -0.391 e. The van der Waals surface area contributed by atoms with Crippen LogP contribution in [0.3, 0.4) is 0 Å². The molecule has 18 heavy (non-hydrogen) atoms. The Balaban J connectivity index is 1.68. The summed E-state index contributed by atoms with van der Waals surface area (Å²) in [4.78, 5) is 4.90. The first-order valence-corrected chi connectivity index (χ1v) is 6.77. The second-order valence-corrected chi connectivity index (χ2v) is 5.58. The molecule has 3 aliphatic heterocycles. The van der Waals surface area contributed by atoms with E-state index < -0.39 is 0 Å². The van der Waals surface area contributed by atoms with E-state index in [1.165, 1.54) is 0 Å². The van der Waals surface area contributed by atoms with E-state index in [0.29, 0.717) is 12.5 Å². The van der Waals surface area contributed by atoms with Crippen LogP contribution in [0.1, 0.15) is 11.4 Å². The average molecular weight is 250 g/mol. The van der Waals surface area contributed by atoms with Gasteiger partial charge in [0.15, 0.2) is 0 Å². The first kappa shape index (κ1) is 12.1. The van der Waals surface area contributed by atoms with Crippen LogP contribution in [0.2, 0.25) is 0 Å². The quantitative estimate of drug-likeness (QED) is 0.795. The Hall–Kier alpha value is -0.910. The van der Waals surface area contributed by atoms with Crippen molar-refractivity contribution in [1.29, 1.82) is 0 Å². The van der Waals surface area contributed by atoms with E-state index in [9.17, 15) is 5.11 Å². The largest absolute Gasteiger partial charge is 0.391 e. The highest BCUT2D eigenvalue weighted by atomic mass is 16.3. The van der Waals surface area contributed by atoms with E-state index in [1.54, 1.807) is 0 Å². The Labute approximate surface area is 108 Å². The van der Waals surface area contributed by atoms with E-state index in [-0.39, 0.29) is 6.10 Å². The highest BCUT2D eigenvalue weighted by molar-refractivity contribution is 5.10. The topological polar surface area (TPSA) is 44.5 Å². The fourth-order valence-electron chi connectivity index (χ4n) is 3.23. The minimum atomic E-state index is -0.289. The number of aromatic nitrogens is 2. The highest BCUT2D eigenvalue weighted by Gasteiger charge is 2.36. The maximum atomic E-state index is 10.5. The molecule has 0 saturated carbocycles. The molecule has 1 aromatic rings. The molecular weight excluding hydrogens is 228 g/mol. The summed E-state index contributed by atoms with van der Waals surface area (Å²) in [6.45, 7) is 7.53. The molecule has 2 bridgehead atoms. The number of hydrogen-bond acceptors (Lipinski definition) is 4. The molecule has 0 amide bonds. The molecule has 4 heterocycles. The number of rotatable bonds is 3. The molecule has 3 saturated heterocycles. The normalized spacial score (nSPS) is 32.7. The number of aliphatic hydroxyl groups excluding tert-OH is 1. The molecular formula is C13H22N4O. The van der Waals surface area contributed by atoms with Crippen LogP contribution in [0.15, 0.2) is 6.07 Å². The standard InChI is InChI=1S/C13H22N4O/c1-10-7-11(15(2)14-10)8-13(18)12-9-16-3-5-17(12)6-4-16/h7,12-13,18H,3-6,8-9H2,1-2H3. The van der Waals surface area contributed by atoms with Crippen molar-refractivity contribution in [2.24, 2.45) is 7.05 Å². The van der Waals surface area contributed by atoms with Gasteiger partial charge in [0, 0.05) is 57.9 Å². The second kappa shape index (κ2) is 4.64. The van der Waals surface area contributed by atoms with Crippen molar-refractivity contribution in [2.45, 2.75) is 25.5 Å². The van der Waals surface area contributed by atoms with Crippen LogP contribution in [0, 0.1) is 6.92 Å². The summed E-state index contributed by atoms with van der Waals surface area (Å²) in [6, 6.07) is 2.36. The van der Waals surface area contributed by atoms with Gasteiger partial charge in [0.2, 0.25) is 0 Å². The van der Waals surface area contributed by atoms with Gasteiger partial charge in [0.1, 0.15) is 0 Å². The van der Waals surface area contributed by atoms with Crippen LogP contribution in [0.25, 0.3) is 0 Å². The van der Waals surface area contributed by atoms with Crippen molar-refractivity contribution in [3.8, 4) is 0 Å². The fourth-order valence-corrected chi connectivity index (χ4v) is 3.23. The van der Waals surface area contributed by atoms with Crippen LogP contribution in [0.4, 0.5) is 0 Å². The summed E-state index contributed by atoms with van der Waals surface area (Å²) in [6.07, 6.45) is 0.412. The number of aryl methyl sites for hydroxylation is 2. The van der Waals surface area contributed by atoms with Gasteiger partial charge in [-0.05, 0) is 13.0 Å². The predicted octanol–water partition coefficient (Wildman–Crippen LogP) is -0.368. The Morgan fingerprint density at radius 1 is 1.39 bits per heavy atom. The molecule has 5 nitrogen and oxygen atoms in total. The van der Waals surface area contributed by atoms with E-state index >= 15 is 0 Å². The van der Waals surface area contributed by atoms with Gasteiger partial charge in [-0.25, -0.2) is 0 Å². The van der Waals surface area contributed by atoms with Gasteiger partial charge in [-0.1, -0.05) is 0 Å². The lowest BCUT2D eigenvalue weighted by Crippen LogP contribution is -2.64. The van der Waals surface area contributed by atoms with E-state index in [0.717, 1.165) is 44.1 Å². The number of aliphatic hydroxyl groups is 1. The van der Waals surface area contributed by atoms with Crippen molar-refractivity contribution in [3.05, 3.63) is 17.5 Å². The Morgan fingerprint density at radius 2 is 2.11 bits per heavy atom. The average Bonchev–Trinajstić information content (AvgIpc) is 2.69. The van der Waals surface area contributed by atoms with Gasteiger partial charge in [-0.3, -0.25) is 14.5 Å². The van der Waals surface area contributed by atoms with Crippen molar-refractivity contribution >= 4 is 0 Å². The van der Waals surface area contributed by atoms with Gasteiger partial charge in [0.05, 0.1) is 11.8 Å². The van der Waals surface area contributed by atoms with Gasteiger partial charge < -0.3 is 5.11 Å². The summed E-state index contributed by atoms with van der Waals surface area (Å²) in [5, 5.41) is 14.8. The fraction of sp³-hybridized carbons (Fsp3) is 0.769. The van der Waals surface area contributed by atoms with E-state index in [1.807, 2.05) is 18.7 Å². The van der Waals surface area contributed by atoms with E-state index in [2.05, 4.69) is 21.0 Å². The van der Waals surface area contributed by atoms with Gasteiger partial charge in [-0.15, -0.1) is 0 Å². The molecule has 1 aromatic heterocycles. The van der Waals surface area contributed by atoms with Crippen LogP contribution in [-0.2, 0) is 13.5 Å². The lowest BCUT2D eigenvalue weighted by Gasteiger charge is -2.49. The third-order valence-corrected chi connectivity index (χ3v) is 4.28.